The lowest BCUT2D eigenvalue weighted by atomic mass is 9.92. The topological polar surface area (TPSA) is 20.2 Å². The number of aromatic hydroxyl groups is 1. The zero-order chi connectivity index (χ0) is 12.6. The molecule has 2 aromatic rings. The van der Waals surface area contributed by atoms with Gasteiger partial charge in [0.15, 0.2) is 0 Å². The SMILES string of the molecule is C#Cc1c(F)ccc2cc(O)cc(C(C)C)c12. The van der Waals surface area contributed by atoms with Gasteiger partial charge in [-0.2, -0.15) is 0 Å². The molecule has 0 unspecified atom stereocenters. The summed E-state index contributed by atoms with van der Waals surface area (Å²) in [6, 6.07) is 6.22. The highest BCUT2D eigenvalue weighted by molar-refractivity contribution is 5.92. The fourth-order valence-corrected chi connectivity index (χ4v) is 2.05. The number of halogens is 1. The molecule has 1 nitrogen and oxygen atoms in total. The van der Waals surface area contributed by atoms with Crippen LogP contribution < -0.4 is 0 Å². The third kappa shape index (κ3) is 1.85. The fraction of sp³-hybridized carbons (Fsp3) is 0.200. The van der Waals surface area contributed by atoms with E-state index in [1.54, 1.807) is 18.2 Å². The van der Waals surface area contributed by atoms with E-state index in [-0.39, 0.29) is 17.2 Å². The van der Waals surface area contributed by atoms with E-state index in [9.17, 15) is 9.50 Å². The number of terminal acetylenes is 1. The van der Waals surface area contributed by atoms with E-state index in [1.807, 2.05) is 13.8 Å². The Morgan fingerprint density at radius 3 is 2.59 bits per heavy atom. The molecule has 0 aromatic heterocycles. The smallest absolute Gasteiger partial charge is 0.139 e. The molecule has 0 saturated carbocycles. The summed E-state index contributed by atoms with van der Waals surface area (Å²) >= 11 is 0. The largest absolute Gasteiger partial charge is 0.508 e. The van der Waals surface area contributed by atoms with Crippen molar-refractivity contribution in [2.75, 3.05) is 0 Å². The van der Waals surface area contributed by atoms with Crippen LogP contribution in [0.25, 0.3) is 10.8 Å². The summed E-state index contributed by atoms with van der Waals surface area (Å²) in [4.78, 5) is 0. The molecule has 0 fully saturated rings. The van der Waals surface area contributed by atoms with Crippen LogP contribution in [-0.4, -0.2) is 5.11 Å². The summed E-state index contributed by atoms with van der Waals surface area (Å²) in [7, 11) is 0. The minimum atomic E-state index is -0.396. The highest BCUT2D eigenvalue weighted by Crippen LogP contribution is 2.33. The van der Waals surface area contributed by atoms with Crippen LogP contribution in [-0.2, 0) is 0 Å². The second-order valence-electron chi connectivity index (χ2n) is 4.35. The Morgan fingerprint density at radius 1 is 1.29 bits per heavy atom. The van der Waals surface area contributed by atoms with Crippen molar-refractivity contribution in [1.29, 1.82) is 0 Å². The first-order valence-electron chi connectivity index (χ1n) is 5.46. The maximum absolute atomic E-state index is 13.7. The fourth-order valence-electron chi connectivity index (χ4n) is 2.05. The highest BCUT2D eigenvalue weighted by Gasteiger charge is 2.13. The number of hydrogen-bond donors (Lipinski definition) is 1. The van der Waals surface area contributed by atoms with Gasteiger partial charge in [0.1, 0.15) is 11.6 Å². The summed E-state index contributed by atoms with van der Waals surface area (Å²) in [5.41, 5.74) is 1.14. The molecule has 2 aromatic carbocycles. The van der Waals surface area contributed by atoms with Gasteiger partial charge in [-0.15, -0.1) is 6.42 Å². The van der Waals surface area contributed by atoms with Crippen molar-refractivity contribution < 1.29 is 9.50 Å². The average Bonchev–Trinajstić information content (AvgIpc) is 2.28. The molecule has 1 N–H and O–H groups in total. The molecule has 0 saturated heterocycles. The first kappa shape index (κ1) is 11.5. The van der Waals surface area contributed by atoms with Gasteiger partial charge in [0, 0.05) is 5.39 Å². The summed E-state index contributed by atoms with van der Waals surface area (Å²) in [5, 5.41) is 11.1. The van der Waals surface area contributed by atoms with Crippen LogP contribution in [0.3, 0.4) is 0 Å². The van der Waals surface area contributed by atoms with Crippen LogP contribution in [0.4, 0.5) is 4.39 Å². The van der Waals surface area contributed by atoms with Crippen LogP contribution in [0.5, 0.6) is 5.75 Å². The summed E-state index contributed by atoms with van der Waals surface area (Å²) < 4.78 is 13.7. The van der Waals surface area contributed by atoms with E-state index in [2.05, 4.69) is 5.92 Å². The standard InChI is InChI=1S/C15H13FO/c1-4-12-14(16)6-5-10-7-11(17)8-13(9(2)3)15(10)12/h1,5-9,17H,2-3H3. The van der Waals surface area contributed by atoms with Crippen molar-refractivity contribution in [1.82, 2.24) is 0 Å². The molecule has 0 amide bonds. The first-order chi connectivity index (χ1) is 8.04. The molecule has 0 spiro atoms. The molecule has 17 heavy (non-hydrogen) atoms. The Labute approximate surface area is 99.9 Å². The van der Waals surface area contributed by atoms with Gasteiger partial charge in [-0.05, 0) is 35.1 Å². The number of rotatable bonds is 1. The van der Waals surface area contributed by atoms with Crippen molar-refractivity contribution in [2.45, 2.75) is 19.8 Å². The van der Waals surface area contributed by atoms with E-state index in [0.717, 1.165) is 16.3 Å². The molecule has 0 radical (unpaired) electrons. The Bertz CT molecular complexity index is 621. The highest BCUT2D eigenvalue weighted by atomic mass is 19.1. The Kier molecular flexibility index (Phi) is 2.77. The van der Waals surface area contributed by atoms with Crippen LogP contribution in [0.2, 0.25) is 0 Å². The molecule has 0 heterocycles. The second kappa shape index (κ2) is 4.10. The lowest BCUT2D eigenvalue weighted by molar-refractivity contribution is 0.475. The number of benzene rings is 2. The van der Waals surface area contributed by atoms with Crippen LogP contribution in [0.1, 0.15) is 30.9 Å². The van der Waals surface area contributed by atoms with Gasteiger partial charge < -0.3 is 5.11 Å². The molecule has 2 heteroatoms. The lowest BCUT2D eigenvalue weighted by Gasteiger charge is -2.13. The molecule has 0 aliphatic carbocycles. The number of fused-ring (bicyclic) bond motifs is 1. The zero-order valence-corrected chi connectivity index (χ0v) is 9.79. The van der Waals surface area contributed by atoms with Crippen molar-refractivity contribution >= 4 is 10.8 Å². The molecular weight excluding hydrogens is 215 g/mol. The first-order valence-corrected chi connectivity index (χ1v) is 5.46. The Balaban J connectivity index is 2.98. The summed E-state index contributed by atoms with van der Waals surface area (Å²) in [5.74, 6) is 2.34. The van der Waals surface area contributed by atoms with Crippen molar-refractivity contribution in [3.63, 3.8) is 0 Å². The number of phenols is 1. The maximum Gasteiger partial charge on any atom is 0.139 e. The zero-order valence-electron chi connectivity index (χ0n) is 9.79. The monoisotopic (exact) mass is 228 g/mol. The molecule has 0 aliphatic heterocycles. The van der Waals surface area contributed by atoms with E-state index >= 15 is 0 Å². The van der Waals surface area contributed by atoms with Crippen LogP contribution >= 0.6 is 0 Å². The van der Waals surface area contributed by atoms with Crippen molar-refractivity contribution in [3.05, 3.63) is 41.2 Å². The van der Waals surface area contributed by atoms with E-state index < -0.39 is 5.82 Å². The van der Waals surface area contributed by atoms with Gasteiger partial charge in [0.05, 0.1) is 5.56 Å². The summed E-state index contributed by atoms with van der Waals surface area (Å²) in [6.07, 6.45) is 5.37. The normalized spacial score (nSPS) is 10.8. The molecule has 2 rings (SSSR count). The van der Waals surface area contributed by atoms with Crippen molar-refractivity contribution in [3.8, 4) is 18.1 Å². The van der Waals surface area contributed by atoms with Crippen molar-refractivity contribution in [2.24, 2.45) is 0 Å². The van der Waals surface area contributed by atoms with Gasteiger partial charge in [-0.25, -0.2) is 4.39 Å². The van der Waals surface area contributed by atoms with Gasteiger partial charge in [-0.3, -0.25) is 0 Å². The maximum atomic E-state index is 13.7. The van der Waals surface area contributed by atoms with Crippen LogP contribution in [0, 0.1) is 18.2 Å². The van der Waals surface area contributed by atoms with E-state index in [4.69, 9.17) is 6.42 Å². The third-order valence-electron chi connectivity index (χ3n) is 2.85. The number of phenolic OH excluding ortho intramolecular Hbond substituents is 1. The average molecular weight is 228 g/mol. The molecular formula is C15H13FO. The molecule has 0 aliphatic rings. The van der Waals surface area contributed by atoms with Gasteiger partial charge in [0.25, 0.3) is 0 Å². The van der Waals surface area contributed by atoms with E-state index in [1.165, 1.54) is 6.07 Å². The number of hydrogen-bond acceptors (Lipinski definition) is 1. The van der Waals surface area contributed by atoms with E-state index in [0.29, 0.717) is 0 Å². The molecule has 0 atom stereocenters. The predicted molar refractivity (Wildman–Crippen MR) is 67.6 cm³/mol. The predicted octanol–water partition coefficient (Wildman–Crippen LogP) is 3.79. The van der Waals surface area contributed by atoms with Gasteiger partial charge in [-0.1, -0.05) is 25.8 Å². The second-order valence-corrected chi connectivity index (χ2v) is 4.35. The Morgan fingerprint density at radius 2 is 2.00 bits per heavy atom. The van der Waals surface area contributed by atoms with Crippen LogP contribution in [0.15, 0.2) is 24.3 Å². The molecule has 86 valence electrons. The minimum Gasteiger partial charge on any atom is -0.508 e. The quantitative estimate of drug-likeness (QED) is 0.736. The molecule has 0 bridgehead atoms. The lowest BCUT2D eigenvalue weighted by Crippen LogP contribution is -1.94. The van der Waals surface area contributed by atoms with Gasteiger partial charge >= 0.3 is 0 Å². The Hall–Kier alpha value is -2.01. The van der Waals surface area contributed by atoms with Gasteiger partial charge in [0.2, 0.25) is 0 Å². The third-order valence-corrected chi connectivity index (χ3v) is 2.85. The summed E-state index contributed by atoms with van der Waals surface area (Å²) in [6.45, 7) is 3.97. The minimum absolute atomic E-state index is 0.165.